The predicted molar refractivity (Wildman–Crippen MR) is 98.5 cm³/mol. The van der Waals surface area contributed by atoms with Gasteiger partial charge >= 0.3 is 0 Å². The van der Waals surface area contributed by atoms with Crippen LogP contribution in [0, 0.1) is 17.6 Å². The molecule has 1 heterocycles. The van der Waals surface area contributed by atoms with E-state index >= 15 is 0 Å². The molecule has 1 aliphatic heterocycles. The van der Waals surface area contributed by atoms with Crippen LogP contribution in [0.4, 0.5) is 14.5 Å². The van der Waals surface area contributed by atoms with E-state index in [1.54, 1.807) is 32.0 Å². The number of hydrogen-bond acceptors (Lipinski definition) is 4. The van der Waals surface area contributed by atoms with Gasteiger partial charge in [-0.1, -0.05) is 19.9 Å². The largest absolute Gasteiger partial charge is 0.486 e. The molecule has 0 aromatic heterocycles. The van der Waals surface area contributed by atoms with E-state index in [1.807, 2.05) is 0 Å². The average molecular weight is 390 g/mol. The number of halogens is 2. The second-order valence-corrected chi connectivity index (χ2v) is 6.64. The lowest BCUT2D eigenvalue weighted by molar-refractivity contribution is -0.118. The zero-order valence-corrected chi connectivity index (χ0v) is 15.4. The summed E-state index contributed by atoms with van der Waals surface area (Å²) in [7, 11) is 0. The second kappa shape index (κ2) is 8.24. The maximum Gasteiger partial charge on any atom is 0.257 e. The topological polar surface area (TPSA) is 76.7 Å². The lowest BCUT2D eigenvalue weighted by Crippen LogP contribution is -2.47. The quantitative estimate of drug-likeness (QED) is 0.823. The van der Waals surface area contributed by atoms with Crippen LogP contribution in [0.15, 0.2) is 36.4 Å². The SMILES string of the molecule is CC(C)[C@H](NC(=O)c1c(F)cccc1F)C(=O)Nc1ccc2c(c1)OCCO2. The van der Waals surface area contributed by atoms with E-state index in [0.717, 1.165) is 18.2 Å². The average Bonchev–Trinajstić information content (AvgIpc) is 2.65. The van der Waals surface area contributed by atoms with Crippen LogP contribution in [0.5, 0.6) is 11.5 Å². The molecule has 0 spiro atoms. The molecule has 28 heavy (non-hydrogen) atoms. The number of ether oxygens (including phenoxy) is 2. The van der Waals surface area contributed by atoms with Crippen molar-refractivity contribution < 1.29 is 27.8 Å². The summed E-state index contributed by atoms with van der Waals surface area (Å²) in [4.78, 5) is 25.0. The molecule has 0 saturated carbocycles. The normalized spacial score (nSPS) is 13.8. The molecule has 2 N–H and O–H groups in total. The van der Waals surface area contributed by atoms with Crippen LogP contribution in [0.1, 0.15) is 24.2 Å². The number of nitrogens with one attached hydrogen (secondary N) is 2. The van der Waals surface area contributed by atoms with Crippen molar-refractivity contribution in [2.45, 2.75) is 19.9 Å². The fourth-order valence-electron chi connectivity index (χ4n) is 2.80. The van der Waals surface area contributed by atoms with E-state index in [-0.39, 0.29) is 5.92 Å². The number of rotatable bonds is 5. The van der Waals surface area contributed by atoms with Crippen LogP contribution in [0.25, 0.3) is 0 Å². The van der Waals surface area contributed by atoms with Crippen molar-refractivity contribution in [2.75, 3.05) is 18.5 Å². The Morgan fingerprint density at radius 3 is 2.29 bits per heavy atom. The Morgan fingerprint density at radius 2 is 1.64 bits per heavy atom. The molecule has 1 aliphatic rings. The first-order valence-electron chi connectivity index (χ1n) is 8.82. The van der Waals surface area contributed by atoms with Crippen molar-refractivity contribution in [3.63, 3.8) is 0 Å². The number of hydrogen-bond donors (Lipinski definition) is 2. The lowest BCUT2D eigenvalue weighted by Gasteiger charge is -2.23. The monoisotopic (exact) mass is 390 g/mol. The number of anilines is 1. The number of benzene rings is 2. The number of fused-ring (bicyclic) bond motifs is 1. The van der Waals surface area contributed by atoms with Gasteiger partial charge in [-0.15, -0.1) is 0 Å². The maximum absolute atomic E-state index is 13.8. The smallest absolute Gasteiger partial charge is 0.257 e. The van der Waals surface area contributed by atoms with Gasteiger partial charge in [0.1, 0.15) is 36.5 Å². The molecule has 2 amide bonds. The highest BCUT2D eigenvalue weighted by atomic mass is 19.1. The molecular weight excluding hydrogens is 370 g/mol. The van der Waals surface area contributed by atoms with Gasteiger partial charge in [-0.3, -0.25) is 9.59 Å². The summed E-state index contributed by atoms with van der Waals surface area (Å²) in [6.07, 6.45) is 0. The molecule has 0 unspecified atom stereocenters. The minimum absolute atomic E-state index is 0.323. The lowest BCUT2D eigenvalue weighted by atomic mass is 10.0. The number of carbonyl (C=O) groups excluding carboxylic acids is 2. The molecule has 3 rings (SSSR count). The molecule has 0 bridgehead atoms. The second-order valence-electron chi connectivity index (χ2n) is 6.64. The Labute approximate surface area is 160 Å². The Kier molecular flexibility index (Phi) is 5.77. The summed E-state index contributed by atoms with van der Waals surface area (Å²) >= 11 is 0. The van der Waals surface area contributed by atoms with Crippen molar-refractivity contribution in [2.24, 2.45) is 5.92 Å². The molecule has 2 aromatic carbocycles. The van der Waals surface area contributed by atoms with Crippen molar-refractivity contribution in [1.82, 2.24) is 5.32 Å². The third kappa shape index (κ3) is 4.21. The van der Waals surface area contributed by atoms with Gasteiger partial charge in [-0.2, -0.15) is 0 Å². The van der Waals surface area contributed by atoms with Gasteiger partial charge in [-0.25, -0.2) is 8.78 Å². The predicted octanol–water partition coefficient (Wildman–Crippen LogP) is 3.13. The van der Waals surface area contributed by atoms with E-state index in [9.17, 15) is 18.4 Å². The van der Waals surface area contributed by atoms with Gasteiger partial charge in [-0.05, 0) is 30.2 Å². The van der Waals surface area contributed by atoms with Gasteiger partial charge in [0, 0.05) is 11.8 Å². The summed E-state index contributed by atoms with van der Waals surface area (Å²) < 4.78 is 38.6. The molecule has 6 nitrogen and oxygen atoms in total. The molecular formula is C20H20F2N2O4. The number of carbonyl (C=O) groups is 2. The highest BCUT2D eigenvalue weighted by Crippen LogP contribution is 2.32. The summed E-state index contributed by atoms with van der Waals surface area (Å²) in [5.74, 6) is -2.74. The Hall–Kier alpha value is -3.16. The minimum Gasteiger partial charge on any atom is -0.486 e. The van der Waals surface area contributed by atoms with E-state index in [2.05, 4.69) is 10.6 Å². The van der Waals surface area contributed by atoms with Crippen molar-refractivity contribution in [3.8, 4) is 11.5 Å². The summed E-state index contributed by atoms with van der Waals surface area (Å²) in [6, 6.07) is 7.05. The van der Waals surface area contributed by atoms with Crippen LogP contribution in [0.3, 0.4) is 0 Å². The summed E-state index contributed by atoms with van der Waals surface area (Å²) in [5, 5.41) is 5.09. The van der Waals surface area contributed by atoms with Gasteiger partial charge in [0.05, 0.1) is 0 Å². The zero-order valence-electron chi connectivity index (χ0n) is 15.4. The first kappa shape index (κ1) is 19.6. The molecule has 1 atom stereocenters. The molecule has 0 radical (unpaired) electrons. The van der Waals surface area contributed by atoms with Crippen LogP contribution >= 0.6 is 0 Å². The summed E-state index contributed by atoms with van der Waals surface area (Å²) in [6.45, 7) is 4.29. The molecule has 8 heteroatoms. The summed E-state index contributed by atoms with van der Waals surface area (Å²) in [5.41, 5.74) is -0.272. The van der Waals surface area contributed by atoms with Crippen molar-refractivity contribution in [3.05, 3.63) is 53.6 Å². The Morgan fingerprint density at radius 1 is 1.00 bits per heavy atom. The first-order valence-corrected chi connectivity index (χ1v) is 8.82. The van der Waals surface area contributed by atoms with E-state index < -0.39 is 35.1 Å². The molecule has 0 aliphatic carbocycles. The van der Waals surface area contributed by atoms with E-state index in [1.165, 1.54) is 0 Å². The fraction of sp³-hybridized carbons (Fsp3) is 0.300. The van der Waals surface area contributed by atoms with Gasteiger partial charge < -0.3 is 20.1 Å². The van der Waals surface area contributed by atoms with Crippen molar-refractivity contribution in [1.29, 1.82) is 0 Å². The van der Waals surface area contributed by atoms with Gasteiger partial charge in [0.25, 0.3) is 5.91 Å². The third-order valence-corrected chi connectivity index (χ3v) is 4.24. The molecule has 148 valence electrons. The van der Waals surface area contributed by atoms with Crippen LogP contribution < -0.4 is 20.1 Å². The minimum atomic E-state index is -1.00. The Bertz CT molecular complexity index is 882. The highest BCUT2D eigenvalue weighted by molar-refractivity contribution is 6.01. The first-order chi connectivity index (χ1) is 13.4. The zero-order chi connectivity index (χ0) is 20.3. The Balaban J connectivity index is 1.75. The van der Waals surface area contributed by atoms with E-state index in [4.69, 9.17) is 9.47 Å². The van der Waals surface area contributed by atoms with Gasteiger partial charge in [0.15, 0.2) is 11.5 Å². The third-order valence-electron chi connectivity index (χ3n) is 4.24. The number of amides is 2. The van der Waals surface area contributed by atoms with Crippen LogP contribution in [0.2, 0.25) is 0 Å². The van der Waals surface area contributed by atoms with E-state index in [0.29, 0.717) is 30.4 Å². The van der Waals surface area contributed by atoms with Crippen LogP contribution in [-0.4, -0.2) is 31.1 Å². The molecule has 0 fully saturated rings. The maximum atomic E-state index is 13.8. The highest BCUT2D eigenvalue weighted by Gasteiger charge is 2.27. The molecule has 2 aromatic rings. The standard InChI is InChI=1S/C20H20F2N2O4/c1-11(2)18(24-19(25)17-13(21)4-3-5-14(17)22)20(26)23-12-6-7-15-16(10-12)28-9-8-27-15/h3-7,10-11,18H,8-9H2,1-2H3,(H,23,26)(H,24,25)/t18-/m0/s1. The fourth-order valence-corrected chi connectivity index (χ4v) is 2.80. The van der Waals surface area contributed by atoms with Crippen LogP contribution in [-0.2, 0) is 4.79 Å². The molecule has 0 saturated heterocycles. The van der Waals surface area contributed by atoms with Gasteiger partial charge in [0.2, 0.25) is 5.91 Å². The van der Waals surface area contributed by atoms with Crippen molar-refractivity contribution >= 4 is 17.5 Å².